The Labute approximate surface area is 111 Å². The number of anilines is 1. The van der Waals surface area contributed by atoms with E-state index in [1.54, 1.807) is 0 Å². The van der Waals surface area contributed by atoms with Crippen molar-refractivity contribution in [3.05, 3.63) is 65.5 Å². The molecule has 2 aromatic rings. The number of amides is 1. The van der Waals surface area contributed by atoms with Crippen molar-refractivity contribution in [1.29, 1.82) is 0 Å². The summed E-state index contributed by atoms with van der Waals surface area (Å²) in [4.78, 5) is 11.8. The SMILES string of the molecule is Nc1ccc(C(=O)NCCc2ccccc2)cc1F. The molecule has 98 valence electrons. The molecule has 3 nitrogen and oxygen atoms in total. The molecule has 0 bridgehead atoms. The summed E-state index contributed by atoms with van der Waals surface area (Å²) >= 11 is 0. The monoisotopic (exact) mass is 258 g/mol. The van der Waals surface area contributed by atoms with Gasteiger partial charge < -0.3 is 11.1 Å². The molecule has 4 heteroatoms. The van der Waals surface area contributed by atoms with Gasteiger partial charge in [0.15, 0.2) is 0 Å². The van der Waals surface area contributed by atoms with Gasteiger partial charge >= 0.3 is 0 Å². The van der Waals surface area contributed by atoms with Gasteiger partial charge in [-0.15, -0.1) is 0 Å². The van der Waals surface area contributed by atoms with E-state index in [2.05, 4.69) is 5.32 Å². The number of carbonyl (C=O) groups is 1. The van der Waals surface area contributed by atoms with Gasteiger partial charge in [0.25, 0.3) is 5.91 Å². The van der Waals surface area contributed by atoms with E-state index in [9.17, 15) is 9.18 Å². The molecule has 0 saturated heterocycles. The Morgan fingerprint density at radius 3 is 2.58 bits per heavy atom. The van der Waals surface area contributed by atoms with E-state index in [0.717, 1.165) is 18.1 Å². The molecule has 0 saturated carbocycles. The summed E-state index contributed by atoms with van der Waals surface area (Å²) < 4.78 is 13.2. The van der Waals surface area contributed by atoms with Crippen LogP contribution < -0.4 is 11.1 Å². The van der Waals surface area contributed by atoms with Gasteiger partial charge in [0, 0.05) is 12.1 Å². The molecule has 0 aliphatic rings. The minimum Gasteiger partial charge on any atom is -0.396 e. The second-order valence-corrected chi connectivity index (χ2v) is 4.23. The smallest absolute Gasteiger partial charge is 0.251 e. The van der Waals surface area contributed by atoms with E-state index in [-0.39, 0.29) is 17.2 Å². The van der Waals surface area contributed by atoms with E-state index < -0.39 is 5.82 Å². The lowest BCUT2D eigenvalue weighted by Crippen LogP contribution is -2.25. The minimum absolute atomic E-state index is 0.0424. The van der Waals surface area contributed by atoms with Crippen LogP contribution in [0.25, 0.3) is 0 Å². The van der Waals surface area contributed by atoms with Crippen LogP contribution in [0.15, 0.2) is 48.5 Å². The lowest BCUT2D eigenvalue weighted by atomic mass is 10.1. The lowest BCUT2D eigenvalue weighted by molar-refractivity contribution is 0.0953. The predicted molar refractivity (Wildman–Crippen MR) is 73.3 cm³/mol. The number of nitrogen functional groups attached to an aromatic ring is 1. The third-order valence-electron chi connectivity index (χ3n) is 2.80. The molecule has 0 aliphatic carbocycles. The summed E-state index contributed by atoms with van der Waals surface area (Å²) in [5, 5.41) is 2.75. The number of nitrogens with one attached hydrogen (secondary N) is 1. The molecule has 0 aliphatic heterocycles. The molecule has 3 N–H and O–H groups in total. The maximum Gasteiger partial charge on any atom is 0.251 e. The standard InChI is InChI=1S/C15H15FN2O/c16-13-10-12(6-7-14(13)17)15(19)18-9-8-11-4-2-1-3-5-11/h1-7,10H,8-9,17H2,(H,18,19). The fourth-order valence-corrected chi connectivity index (χ4v) is 1.74. The molecule has 0 spiro atoms. The van der Waals surface area contributed by atoms with Crippen molar-refractivity contribution < 1.29 is 9.18 Å². The molecule has 0 radical (unpaired) electrons. The molecule has 2 aromatic carbocycles. The molecule has 0 aromatic heterocycles. The second-order valence-electron chi connectivity index (χ2n) is 4.23. The van der Waals surface area contributed by atoms with Gasteiger partial charge in [-0.2, -0.15) is 0 Å². The van der Waals surface area contributed by atoms with Crippen molar-refractivity contribution in [2.75, 3.05) is 12.3 Å². The van der Waals surface area contributed by atoms with Crippen molar-refractivity contribution >= 4 is 11.6 Å². The van der Waals surface area contributed by atoms with Crippen LogP contribution in [0.1, 0.15) is 15.9 Å². The van der Waals surface area contributed by atoms with Crippen LogP contribution in [0.3, 0.4) is 0 Å². The fraction of sp³-hybridized carbons (Fsp3) is 0.133. The van der Waals surface area contributed by atoms with Crippen LogP contribution >= 0.6 is 0 Å². The zero-order chi connectivity index (χ0) is 13.7. The van der Waals surface area contributed by atoms with E-state index in [1.165, 1.54) is 12.1 Å². The van der Waals surface area contributed by atoms with Crippen LogP contribution in [0, 0.1) is 5.82 Å². The van der Waals surface area contributed by atoms with Crippen LogP contribution in [0.2, 0.25) is 0 Å². The summed E-state index contributed by atoms with van der Waals surface area (Å²) in [5.41, 5.74) is 6.82. The highest BCUT2D eigenvalue weighted by atomic mass is 19.1. The molecule has 0 unspecified atom stereocenters. The molecule has 0 fully saturated rings. The van der Waals surface area contributed by atoms with E-state index in [0.29, 0.717) is 6.54 Å². The first-order chi connectivity index (χ1) is 9.16. The Balaban J connectivity index is 1.89. The highest BCUT2D eigenvalue weighted by molar-refractivity contribution is 5.94. The Morgan fingerprint density at radius 2 is 1.89 bits per heavy atom. The highest BCUT2D eigenvalue weighted by Crippen LogP contribution is 2.11. The van der Waals surface area contributed by atoms with Gasteiger partial charge in [0.05, 0.1) is 5.69 Å². The van der Waals surface area contributed by atoms with E-state index in [4.69, 9.17) is 5.73 Å². The van der Waals surface area contributed by atoms with Crippen LogP contribution in [-0.4, -0.2) is 12.5 Å². The Bertz CT molecular complexity index is 570. The summed E-state index contributed by atoms with van der Waals surface area (Å²) in [5.74, 6) is -0.870. The van der Waals surface area contributed by atoms with Gasteiger partial charge in [-0.05, 0) is 30.2 Å². The van der Waals surface area contributed by atoms with E-state index in [1.807, 2.05) is 30.3 Å². The van der Waals surface area contributed by atoms with Gasteiger partial charge in [-0.3, -0.25) is 4.79 Å². The number of benzene rings is 2. The van der Waals surface area contributed by atoms with Gasteiger partial charge in [-0.25, -0.2) is 4.39 Å². The molecule has 2 rings (SSSR count). The topological polar surface area (TPSA) is 55.1 Å². The maximum atomic E-state index is 13.2. The van der Waals surface area contributed by atoms with Gasteiger partial charge in [0.1, 0.15) is 5.82 Å². The molecule has 19 heavy (non-hydrogen) atoms. The molecular weight excluding hydrogens is 243 g/mol. The van der Waals surface area contributed by atoms with Crippen molar-refractivity contribution in [3.8, 4) is 0 Å². The Hall–Kier alpha value is -2.36. The maximum absolute atomic E-state index is 13.2. The first-order valence-corrected chi connectivity index (χ1v) is 6.04. The van der Waals surface area contributed by atoms with Crippen molar-refractivity contribution in [3.63, 3.8) is 0 Å². The highest BCUT2D eigenvalue weighted by Gasteiger charge is 2.07. The third-order valence-corrected chi connectivity index (χ3v) is 2.80. The third kappa shape index (κ3) is 3.55. The van der Waals surface area contributed by atoms with Crippen molar-refractivity contribution in [2.24, 2.45) is 0 Å². The first-order valence-electron chi connectivity index (χ1n) is 6.04. The van der Waals surface area contributed by atoms with Gasteiger partial charge in [-0.1, -0.05) is 30.3 Å². The summed E-state index contributed by atoms with van der Waals surface area (Å²) in [6.07, 6.45) is 0.740. The minimum atomic E-state index is -0.573. The van der Waals surface area contributed by atoms with Crippen molar-refractivity contribution in [2.45, 2.75) is 6.42 Å². The second kappa shape index (κ2) is 6.00. The summed E-state index contributed by atoms with van der Waals surface area (Å²) in [6, 6.07) is 13.9. The number of halogens is 1. The Kier molecular flexibility index (Phi) is 4.13. The zero-order valence-electron chi connectivity index (χ0n) is 10.4. The molecule has 0 atom stereocenters. The largest absolute Gasteiger partial charge is 0.396 e. The Morgan fingerprint density at radius 1 is 1.16 bits per heavy atom. The zero-order valence-corrected chi connectivity index (χ0v) is 10.4. The number of carbonyl (C=O) groups excluding carboxylic acids is 1. The van der Waals surface area contributed by atoms with Gasteiger partial charge in [0.2, 0.25) is 0 Å². The number of rotatable bonds is 4. The lowest BCUT2D eigenvalue weighted by Gasteiger charge is -2.06. The quantitative estimate of drug-likeness (QED) is 0.827. The predicted octanol–water partition coefficient (Wildman–Crippen LogP) is 2.38. The van der Waals surface area contributed by atoms with E-state index >= 15 is 0 Å². The molecular formula is C15H15FN2O. The fourth-order valence-electron chi connectivity index (χ4n) is 1.74. The average Bonchev–Trinajstić information content (AvgIpc) is 2.43. The molecule has 0 heterocycles. The first kappa shape index (κ1) is 13.1. The van der Waals surface area contributed by atoms with Crippen LogP contribution in [-0.2, 0) is 6.42 Å². The van der Waals surface area contributed by atoms with Crippen LogP contribution in [0.5, 0.6) is 0 Å². The van der Waals surface area contributed by atoms with Crippen LogP contribution in [0.4, 0.5) is 10.1 Å². The number of nitrogens with two attached hydrogens (primary N) is 1. The summed E-state index contributed by atoms with van der Waals surface area (Å²) in [7, 11) is 0. The average molecular weight is 258 g/mol. The summed E-state index contributed by atoms with van der Waals surface area (Å²) in [6.45, 7) is 0.509. The number of hydrogen-bond acceptors (Lipinski definition) is 2. The molecule has 1 amide bonds. The normalized spacial score (nSPS) is 10.2. The number of hydrogen-bond donors (Lipinski definition) is 2. The van der Waals surface area contributed by atoms with Crippen molar-refractivity contribution in [1.82, 2.24) is 5.32 Å².